The van der Waals surface area contributed by atoms with Crippen LogP contribution >= 0.6 is 34.7 Å². The third-order valence-corrected chi connectivity index (χ3v) is 4.41. The second-order valence-corrected chi connectivity index (χ2v) is 6.46. The Morgan fingerprint density at radius 3 is 3.00 bits per heavy atom. The maximum Gasteiger partial charge on any atom is 0.310 e. The number of benzene rings is 1. The number of thioether (sulfide) groups is 1. The predicted molar refractivity (Wildman–Crippen MR) is 80.3 cm³/mol. The molecule has 0 spiro atoms. The standard InChI is InChI=1S/C13H12ClNO2S2/c1-2-18-11-4-3-8(14)5-9(11)10-7-19-12(15-10)6-13(16)17/h3-5,7H,2,6H2,1H3,(H,16,17). The van der Waals surface area contributed by atoms with Crippen LogP contribution in [0.1, 0.15) is 11.9 Å². The molecule has 0 unspecified atom stereocenters. The Balaban J connectivity index is 2.37. The first kappa shape index (κ1) is 14.4. The van der Waals surface area contributed by atoms with Crippen LogP contribution in [-0.4, -0.2) is 21.8 Å². The Morgan fingerprint density at radius 1 is 1.53 bits per heavy atom. The summed E-state index contributed by atoms with van der Waals surface area (Å²) < 4.78 is 0. The van der Waals surface area contributed by atoms with Crippen molar-refractivity contribution in [3.05, 3.63) is 33.6 Å². The van der Waals surface area contributed by atoms with E-state index in [1.54, 1.807) is 11.8 Å². The van der Waals surface area contributed by atoms with Crippen LogP contribution in [-0.2, 0) is 11.2 Å². The first-order valence-electron chi connectivity index (χ1n) is 5.69. The lowest BCUT2D eigenvalue weighted by Crippen LogP contribution is -1.99. The van der Waals surface area contributed by atoms with E-state index in [0.29, 0.717) is 10.0 Å². The molecule has 1 heterocycles. The van der Waals surface area contributed by atoms with Gasteiger partial charge in [-0.05, 0) is 24.0 Å². The zero-order valence-corrected chi connectivity index (χ0v) is 12.6. The van der Waals surface area contributed by atoms with Gasteiger partial charge in [-0.1, -0.05) is 18.5 Å². The lowest BCUT2D eigenvalue weighted by molar-refractivity contribution is -0.136. The average Bonchev–Trinajstić information content (AvgIpc) is 2.79. The van der Waals surface area contributed by atoms with Crippen molar-refractivity contribution >= 4 is 40.7 Å². The van der Waals surface area contributed by atoms with Crippen LogP contribution in [0.5, 0.6) is 0 Å². The molecule has 0 aliphatic carbocycles. The molecule has 3 nitrogen and oxygen atoms in total. The molecule has 0 saturated carbocycles. The molecule has 0 atom stereocenters. The summed E-state index contributed by atoms with van der Waals surface area (Å²) in [6, 6.07) is 5.70. The van der Waals surface area contributed by atoms with Gasteiger partial charge in [-0.2, -0.15) is 0 Å². The highest BCUT2D eigenvalue weighted by Gasteiger charge is 2.12. The van der Waals surface area contributed by atoms with Gasteiger partial charge in [0.25, 0.3) is 0 Å². The lowest BCUT2D eigenvalue weighted by atomic mass is 10.2. The van der Waals surface area contributed by atoms with Crippen LogP contribution in [0.15, 0.2) is 28.5 Å². The first-order valence-corrected chi connectivity index (χ1v) is 7.93. The number of nitrogens with zero attached hydrogens (tertiary/aromatic N) is 1. The number of rotatable bonds is 5. The third-order valence-electron chi connectivity index (χ3n) is 2.37. The van der Waals surface area contributed by atoms with Crippen molar-refractivity contribution in [2.24, 2.45) is 0 Å². The van der Waals surface area contributed by atoms with Crippen LogP contribution in [0, 0.1) is 0 Å². The Labute approximate surface area is 124 Å². The number of aliphatic carboxylic acids is 1. The van der Waals surface area contributed by atoms with Gasteiger partial charge < -0.3 is 5.11 Å². The molecule has 0 bridgehead atoms. The number of carboxylic acid groups (broad SMARTS) is 1. The van der Waals surface area contributed by atoms with E-state index in [9.17, 15) is 4.79 Å². The van der Waals surface area contributed by atoms with E-state index in [0.717, 1.165) is 21.9 Å². The summed E-state index contributed by atoms with van der Waals surface area (Å²) in [6.07, 6.45) is -0.0402. The number of aromatic nitrogens is 1. The van der Waals surface area contributed by atoms with E-state index >= 15 is 0 Å². The largest absolute Gasteiger partial charge is 0.481 e. The molecule has 1 N–H and O–H groups in total. The van der Waals surface area contributed by atoms with Crippen molar-refractivity contribution in [1.82, 2.24) is 4.98 Å². The Kier molecular flexibility index (Phi) is 4.85. The van der Waals surface area contributed by atoms with Crippen molar-refractivity contribution in [3.8, 4) is 11.3 Å². The summed E-state index contributed by atoms with van der Waals surface area (Å²) in [5.41, 5.74) is 1.76. The zero-order valence-electron chi connectivity index (χ0n) is 10.2. The molecule has 1 aromatic heterocycles. The first-order chi connectivity index (χ1) is 9.10. The molecule has 2 aromatic rings. The fourth-order valence-electron chi connectivity index (χ4n) is 1.63. The minimum atomic E-state index is -0.866. The van der Waals surface area contributed by atoms with E-state index in [2.05, 4.69) is 11.9 Å². The number of carboxylic acids is 1. The number of halogens is 1. The normalized spacial score (nSPS) is 10.6. The summed E-state index contributed by atoms with van der Waals surface area (Å²) in [6.45, 7) is 2.08. The van der Waals surface area contributed by atoms with Crippen molar-refractivity contribution in [2.75, 3.05) is 5.75 Å². The zero-order chi connectivity index (χ0) is 13.8. The van der Waals surface area contributed by atoms with Crippen molar-refractivity contribution in [2.45, 2.75) is 18.2 Å². The second kappa shape index (κ2) is 6.41. The van der Waals surface area contributed by atoms with Crippen LogP contribution in [0.25, 0.3) is 11.3 Å². The van der Waals surface area contributed by atoms with E-state index in [1.165, 1.54) is 11.3 Å². The van der Waals surface area contributed by atoms with Crippen LogP contribution in [0.4, 0.5) is 0 Å². The number of carbonyl (C=O) groups is 1. The average molecular weight is 314 g/mol. The van der Waals surface area contributed by atoms with Crippen LogP contribution < -0.4 is 0 Å². The van der Waals surface area contributed by atoms with Crippen molar-refractivity contribution in [3.63, 3.8) is 0 Å². The monoisotopic (exact) mass is 313 g/mol. The molecule has 6 heteroatoms. The van der Waals surface area contributed by atoms with Gasteiger partial charge in [-0.3, -0.25) is 4.79 Å². The van der Waals surface area contributed by atoms with Gasteiger partial charge in [0.1, 0.15) is 5.01 Å². The van der Waals surface area contributed by atoms with Gasteiger partial charge in [-0.15, -0.1) is 23.1 Å². The van der Waals surface area contributed by atoms with Gasteiger partial charge in [0.2, 0.25) is 0 Å². The molecule has 0 saturated heterocycles. The fourth-order valence-corrected chi connectivity index (χ4v) is 3.38. The SMILES string of the molecule is CCSc1ccc(Cl)cc1-c1csc(CC(=O)O)n1. The summed E-state index contributed by atoms with van der Waals surface area (Å²) in [5, 5.41) is 11.9. The predicted octanol–water partition coefficient (Wildman–Crippen LogP) is 4.20. The molecule has 0 aliphatic rings. The molecular weight excluding hydrogens is 302 g/mol. The molecule has 100 valence electrons. The number of hydrogen-bond donors (Lipinski definition) is 1. The fraction of sp³-hybridized carbons (Fsp3) is 0.231. The molecule has 0 amide bonds. The van der Waals surface area contributed by atoms with Crippen molar-refractivity contribution < 1.29 is 9.90 Å². The molecule has 1 aromatic carbocycles. The Bertz CT molecular complexity index is 598. The molecular formula is C13H12ClNO2S2. The minimum Gasteiger partial charge on any atom is -0.481 e. The lowest BCUT2D eigenvalue weighted by Gasteiger charge is -2.06. The van der Waals surface area contributed by atoms with Crippen LogP contribution in [0.3, 0.4) is 0 Å². The molecule has 0 fully saturated rings. The minimum absolute atomic E-state index is 0.0402. The maximum atomic E-state index is 10.7. The van der Waals surface area contributed by atoms with Gasteiger partial charge in [0, 0.05) is 20.9 Å². The maximum absolute atomic E-state index is 10.7. The Morgan fingerprint density at radius 2 is 2.32 bits per heavy atom. The highest BCUT2D eigenvalue weighted by molar-refractivity contribution is 7.99. The summed E-state index contributed by atoms with van der Waals surface area (Å²) >= 11 is 9.11. The van der Waals surface area contributed by atoms with Gasteiger partial charge in [0.05, 0.1) is 12.1 Å². The smallest absolute Gasteiger partial charge is 0.310 e. The molecule has 19 heavy (non-hydrogen) atoms. The topological polar surface area (TPSA) is 50.2 Å². The van der Waals surface area contributed by atoms with E-state index in [-0.39, 0.29) is 6.42 Å². The highest BCUT2D eigenvalue weighted by Crippen LogP contribution is 2.34. The van der Waals surface area contributed by atoms with E-state index < -0.39 is 5.97 Å². The summed E-state index contributed by atoms with van der Waals surface area (Å²) in [5.74, 6) is 0.0935. The highest BCUT2D eigenvalue weighted by atomic mass is 35.5. The summed E-state index contributed by atoms with van der Waals surface area (Å²) in [4.78, 5) is 16.2. The summed E-state index contributed by atoms with van der Waals surface area (Å²) in [7, 11) is 0. The second-order valence-electron chi connectivity index (χ2n) is 3.77. The van der Waals surface area contributed by atoms with Gasteiger partial charge in [0.15, 0.2) is 0 Å². The molecule has 0 radical (unpaired) electrons. The van der Waals surface area contributed by atoms with Crippen LogP contribution in [0.2, 0.25) is 5.02 Å². The van der Waals surface area contributed by atoms with Crippen molar-refractivity contribution in [1.29, 1.82) is 0 Å². The number of hydrogen-bond acceptors (Lipinski definition) is 4. The molecule has 2 rings (SSSR count). The van der Waals surface area contributed by atoms with E-state index in [4.69, 9.17) is 16.7 Å². The van der Waals surface area contributed by atoms with Gasteiger partial charge in [-0.25, -0.2) is 4.98 Å². The molecule has 0 aliphatic heterocycles. The van der Waals surface area contributed by atoms with E-state index in [1.807, 2.05) is 23.6 Å². The Hall–Kier alpha value is -1.04. The van der Waals surface area contributed by atoms with Gasteiger partial charge >= 0.3 is 5.97 Å². The number of thiazole rings is 1. The third kappa shape index (κ3) is 3.72. The quantitative estimate of drug-likeness (QED) is 0.840.